The third-order valence-corrected chi connectivity index (χ3v) is 6.59. The molecule has 0 spiro atoms. The molecule has 3 aromatic rings. The molecule has 0 aliphatic rings. The molecule has 3 N–H and O–H groups in total. The largest absolute Gasteiger partial charge is 0.491 e. The summed E-state index contributed by atoms with van der Waals surface area (Å²) in [5, 5.41) is 30.0. The fraction of sp³-hybridized carbons (Fsp3) is 0.357. The van der Waals surface area contributed by atoms with E-state index in [0.717, 1.165) is 16.7 Å². The summed E-state index contributed by atoms with van der Waals surface area (Å²) in [6, 6.07) is 22.5. The molecule has 0 fully saturated rings. The van der Waals surface area contributed by atoms with Crippen LogP contribution in [0.1, 0.15) is 22.6 Å². The molecule has 0 saturated carbocycles. The number of hydrogen-bond acceptors (Lipinski definition) is 6. The first kappa shape index (κ1) is 29.4. The summed E-state index contributed by atoms with van der Waals surface area (Å²) in [6.45, 7) is 0.0636. The average Bonchev–Trinajstić information content (AvgIpc) is 2.95. The molecular weight excluding hydrogens is 539 g/mol. The van der Waals surface area contributed by atoms with Crippen molar-refractivity contribution < 1.29 is 29.5 Å². The third-order valence-electron chi connectivity index (χ3n) is 5.52. The Labute approximate surface area is 232 Å². The van der Waals surface area contributed by atoms with Crippen LogP contribution in [0.4, 0.5) is 0 Å². The fourth-order valence-corrected chi connectivity index (χ4v) is 4.01. The molecule has 3 atom stereocenters. The van der Waals surface area contributed by atoms with Gasteiger partial charge in [0.2, 0.25) is 0 Å². The van der Waals surface area contributed by atoms with E-state index < -0.39 is 24.2 Å². The Morgan fingerprint density at radius 2 is 0.757 bits per heavy atom. The second-order valence-electron chi connectivity index (χ2n) is 8.40. The second kappa shape index (κ2) is 15.3. The van der Waals surface area contributed by atoms with Crippen LogP contribution in [-0.4, -0.2) is 71.1 Å². The first-order valence-corrected chi connectivity index (χ1v) is 13.5. The van der Waals surface area contributed by atoms with Gasteiger partial charge < -0.3 is 29.5 Å². The van der Waals surface area contributed by atoms with Crippen LogP contribution in [0.2, 0.25) is 0 Å². The van der Waals surface area contributed by atoms with Gasteiger partial charge >= 0.3 is 0 Å². The van der Waals surface area contributed by atoms with Crippen LogP contribution in [0.15, 0.2) is 72.8 Å². The highest BCUT2D eigenvalue weighted by Gasteiger charge is 2.27. The van der Waals surface area contributed by atoms with Gasteiger partial charge in [0.1, 0.15) is 55.4 Å². The minimum Gasteiger partial charge on any atom is -0.491 e. The highest BCUT2D eigenvalue weighted by molar-refractivity contribution is 6.18. The number of rotatable bonds is 15. The smallest absolute Gasteiger partial charge is 0.123 e. The Kier molecular flexibility index (Phi) is 12.1. The summed E-state index contributed by atoms with van der Waals surface area (Å²) < 4.78 is 18.0. The zero-order chi connectivity index (χ0) is 26.6. The molecule has 0 aliphatic heterocycles. The van der Waals surface area contributed by atoms with Gasteiger partial charge in [-0.1, -0.05) is 54.6 Å². The summed E-state index contributed by atoms with van der Waals surface area (Å²) in [4.78, 5) is 0. The zero-order valence-corrected chi connectivity index (χ0v) is 22.4. The van der Waals surface area contributed by atoms with Crippen LogP contribution in [0, 0.1) is 0 Å². The lowest BCUT2D eigenvalue weighted by molar-refractivity contribution is 0.123. The third kappa shape index (κ3) is 8.40. The predicted octanol–water partition coefficient (Wildman–Crippen LogP) is 4.80. The van der Waals surface area contributed by atoms with Crippen molar-refractivity contribution in [3.8, 4) is 17.2 Å². The quantitative estimate of drug-likeness (QED) is 0.180. The summed E-state index contributed by atoms with van der Waals surface area (Å²) >= 11 is 17.3. The maximum atomic E-state index is 10.00. The van der Waals surface area contributed by atoms with Gasteiger partial charge in [-0.25, -0.2) is 0 Å². The molecule has 0 heterocycles. The van der Waals surface area contributed by atoms with Crippen molar-refractivity contribution in [2.24, 2.45) is 0 Å². The number of benzene rings is 3. The predicted molar refractivity (Wildman–Crippen MR) is 147 cm³/mol. The Balaban J connectivity index is 2.13. The molecule has 0 bridgehead atoms. The second-order valence-corrected chi connectivity index (χ2v) is 9.33. The van der Waals surface area contributed by atoms with Gasteiger partial charge in [0.05, 0.1) is 17.6 Å². The Morgan fingerprint density at radius 1 is 0.486 bits per heavy atom. The fourth-order valence-electron chi connectivity index (χ4n) is 3.75. The van der Waals surface area contributed by atoms with Crippen LogP contribution >= 0.6 is 34.8 Å². The standard InChI is InChI=1S/C28H31Cl3O6/c29-13-19(32)16-35-25-10-4-1-7-22(25)28(23-8-2-5-11-26(23)36-17-20(33)14-30)24-9-3-6-12-27(24)37-18-21(34)15-31/h1-12,19-21,28,32-34H,13-18H2. The molecular formula is C28H31Cl3O6. The molecule has 0 radical (unpaired) electrons. The Hall–Kier alpha value is -2.19. The van der Waals surface area contributed by atoms with Gasteiger partial charge in [0.25, 0.3) is 0 Å². The van der Waals surface area contributed by atoms with E-state index in [2.05, 4.69) is 0 Å². The SMILES string of the molecule is OC(CCl)COc1ccccc1C(c1ccccc1OCC(O)CCl)c1ccccc1OCC(O)CCl. The van der Waals surface area contributed by atoms with Crippen molar-refractivity contribution in [2.45, 2.75) is 24.2 Å². The average molecular weight is 570 g/mol. The summed E-state index contributed by atoms with van der Waals surface area (Å²) in [7, 11) is 0. The van der Waals surface area contributed by atoms with Crippen molar-refractivity contribution in [1.82, 2.24) is 0 Å². The van der Waals surface area contributed by atoms with Crippen molar-refractivity contribution in [3.05, 3.63) is 89.5 Å². The number of ether oxygens (including phenoxy) is 3. The minimum absolute atomic E-state index is 0.0212. The first-order valence-electron chi connectivity index (χ1n) is 11.9. The Bertz CT molecular complexity index is 962. The number of hydrogen-bond donors (Lipinski definition) is 3. The molecule has 0 aromatic heterocycles. The van der Waals surface area contributed by atoms with Crippen LogP contribution in [0.3, 0.4) is 0 Å². The van der Waals surface area contributed by atoms with E-state index in [0.29, 0.717) is 17.2 Å². The van der Waals surface area contributed by atoms with Gasteiger partial charge in [-0.3, -0.25) is 0 Å². The van der Waals surface area contributed by atoms with E-state index in [1.165, 1.54) is 0 Å². The molecule has 9 heteroatoms. The number of aliphatic hydroxyl groups is 3. The van der Waals surface area contributed by atoms with E-state index in [1.54, 1.807) is 0 Å². The molecule has 0 amide bonds. The number of para-hydroxylation sites is 3. The maximum absolute atomic E-state index is 10.00. The molecule has 200 valence electrons. The van der Waals surface area contributed by atoms with Gasteiger partial charge in [-0.15, -0.1) is 34.8 Å². The summed E-state index contributed by atoms with van der Waals surface area (Å²) in [5.41, 5.74) is 2.39. The molecule has 0 saturated heterocycles. The monoisotopic (exact) mass is 568 g/mol. The van der Waals surface area contributed by atoms with E-state index in [4.69, 9.17) is 49.0 Å². The van der Waals surface area contributed by atoms with Crippen LogP contribution in [-0.2, 0) is 0 Å². The van der Waals surface area contributed by atoms with E-state index >= 15 is 0 Å². The topological polar surface area (TPSA) is 88.4 Å². The molecule has 0 aliphatic carbocycles. The van der Waals surface area contributed by atoms with Gasteiger partial charge in [-0.05, 0) is 18.2 Å². The van der Waals surface area contributed by atoms with Crippen molar-refractivity contribution in [2.75, 3.05) is 37.5 Å². The number of alkyl halides is 3. The number of aliphatic hydroxyl groups excluding tert-OH is 3. The number of halogens is 3. The summed E-state index contributed by atoms with van der Waals surface area (Å²) in [6.07, 6.45) is -2.48. The summed E-state index contributed by atoms with van der Waals surface area (Å²) in [5.74, 6) is 1.38. The van der Waals surface area contributed by atoms with Crippen molar-refractivity contribution in [3.63, 3.8) is 0 Å². The molecule has 3 unspecified atom stereocenters. The van der Waals surface area contributed by atoms with E-state index in [9.17, 15) is 15.3 Å². The van der Waals surface area contributed by atoms with Gasteiger partial charge in [-0.2, -0.15) is 0 Å². The van der Waals surface area contributed by atoms with E-state index in [1.807, 2.05) is 72.8 Å². The van der Waals surface area contributed by atoms with Gasteiger partial charge in [0, 0.05) is 22.6 Å². The lowest BCUT2D eigenvalue weighted by Crippen LogP contribution is -2.21. The lowest BCUT2D eigenvalue weighted by Gasteiger charge is -2.26. The molecule has 6 nitrogen and oxygen atoms in total. The van der Waals surface area contributed by atoms with Crippen LogP contribution in [0.5, 0.6) is 17.2 Å². The van der Waals surface area contributed by atoms with Crippen molar-refractivity contribution in [1.29, 1.82) is 0 Å². The first-order chi connectivity index (χ1) is 18.0. The lowest BCUT2D eigenvalue weighted by atomic mass is 9.83. The van der Waals surface area contributed by atoms with Gasteiger partial charge in [0.15, 0.2) is 0 Å². The van der Waals surface area contributed by atoms with Crippen LogP contribution < -0.4 is 14.2 Å². The van der Waals surface area contributed by atoms with Crippen LogP contribution in [0.25, 0.3) is 0 Å². The highest BCUT2D eigenvalue weighted by Crippen LogP contribution is 2.44. The highest BCUT2D eigenvalue weighted by atomic mass is 35.5. The minimum atomic E-state index is -0.825. The van der Waals surface area contributed by atoms with Crippen molar-refractivity contribution >= 4 is 34.8 Å². The maximum Gasteiger partial charge on any atom is 0.123 e. The van der Waals surface area contributed by atoms with E-state index in [-0.39, 0.29) is 37.5 Å². The normalized spacial score (nSPS) is 14.4. The molecule has 3 aromatic carbocycles. The molecule has 3 rings (SSSR count). The Morgan fingerprint density at radius 3 is 1.03 bits per heavy atom. The zero-order valence-electron chi connectivity index (χ0n) is 20.2. The molecule has 37 heavy (non-hydrogen) atoms.